The van der Waals surface area contributed by atoms with E-state index in [1.54, 1.807) is 17.7 Å². The Balaban J connectivity index is 1.57. The van der Waals surface area contributed by atoms with Crippen molar-refractivity contribution in [2.24, 2.45) is 5.16 Å². The zero-order valence-electron chi connectivity index (χ0n) is 22.9. The second-order valence-electron chi connectivity index (χ2n) is 11.3. The van der Waals surface area contributed by atoms with Crippen molar-refractivity contribution >= 4 is 33.7 Å². The summed E-state index contributed by atoms with van der Waals surface area (Å²) in [6.45, 7) is 9.32. The maximum Gasteiger partial charge on any atom is 0.202 e. The fraction of sp³-hybridized carbons (Fsp3) is 0.552. The molecule has 4 rings (SSSR count). The standard InChI is InChI=1S/C29H41N5O2S2/c1-5-7-20-12-15-37-26(20)17-24(33-27-30-19-32-38-27)25(35)18-31-29(13-10-23(34-36)11-14-29)22-9-6-8-21(16-22)28(2,3)4/h6,8-9,12,15-16,19,24-25,31,35-36H,5,7,10-11,13-14,17-18H2,1-4H3,(H,30,32,33). The molecule has 206 valence electrons. The molecule has 2 heterocycles. The third kappa shape index (κ3) is 7.00. The van der Waals surface area contributed by atoms with E-state index in [1.165, 1.54) is 33.1 Å². The lowest BCUT2D eigenvalue weighted by atomic mass is 9.74. The largest absolute Gasteiger partial charge is 0.411 e. The van der Waals surface area contributed by atoms with E-state index in [0.717, 1.165) is 55.8 Å². The molecule has 0 radical (unpaired) electrons. The molecule has 0 saturated heterocycles. The molecule has 9 heteroatoms. The van der Waals surface area contributed by atoms with Gasteiger partial charge in [-0.2, -0.15) is 4.37 Å². The van der Waals surface area contributed by atoms with Gasteiger partial charge in [-0.05, 0) is 65.7 Å². The predicted octanol–water partition coefficient (Wildman–Crippen LogP) is 6.12. The minimum atomic E-state index is -0.647. The van der Waals surface area contributed by atoms with Crippen molar-refractivity contribution in [2.75, 3.05) is 11.9 Å². The summed E-state index contributed by atoms with van der Waals surface area (Å²) in [7, 11) is 0. The number of benzene rings is 1. The van der Waals surface area contributed by atoms with Crippen LogP contribution in [0.25, 0.3) is 0 Å². The summed E-state index contributed by atoms with van der Waals surface area (Å²) >= 11 is 3.06. The molecular weight excluding hydrogens is 514 g/mol. The quantitative estimate of drug-likeness (QED) is 0.168. The van der Waals surface area contributed by atoms with E-state index in [-0.39, 0.29) is 17.0 Å². The molecule has 0 amide bonds. The predicted molar refractivity (Wildman–Crippen MR) is 158 cm³/mol. The first-order valence-corrected chi connectivity index (χ1v) is 15.2. The van der Waals surface area contributed by atoms with Crippen LogP contribution in [0.15, 0.2) is 47.2 Å². The topological polar surface area (TPSA) is 103 Å². The summed E-state index contributed by atoms with van der Waals surface area (Å²) in [5.41, 5.74) is 4.45. The van der Waals surface area contributed by atoms with E-state index >= 15 is 0 Å². The Kier molecular flexibility index (Phi) is 9.57. The van der Waals surface area contributed by atoms with Gasteiger partial charge in [-0.15, -0.1) is 11.3 Å². The van der Waals surface area contributed by atoms with Crippen molar-refractivity contribution in [3.63, 3.8) is 0 Å². The van der Waals surface area contributed by atoms with Crippen LogP contribution in [0.2, 0.25) is 0 Å². The van der Waals surface area contributed by atoms with Gasteiger partial charge < -0.3 is 20.9 Å². The molecule has 0 bridgehead atoms. The van der Waals surface area contributed by atoms with Gasteiger partial charge in [-0.25, -0.2) is 4.98 Å². The zero-order chi connectivity index (χ0) is 27.2. The highest BCUT2D eigenvalue weighted by Gasteiger charge is 2.37. The average molecular weight is 556 g/mol. The summed E-state index contributed by atoms with van der Waals surface area (Å²) in [5, 5.41) is 34.6. The maximum atomic E-state index is 11.6. The Morgan fingerprint density at radius 2 is 1.97 bits per heavy atom. The number of nitrogens with zero attached hydrogens (tertiary/aromatic N) is 3. The Morgan fingerprint density at radius 1 is 1.18 bits per heavy atom. The molecule has 3 aromatic rings. The number of rotatable bonds is 11. The summed E-state index contributed by atoms with van der Waals surface area (Å²) in [6, 6.07) is 10.8. The molecule has 1 aliphatic rings. The van der Waals surface area contributed by atoms with Crippen molar-refractivity contribution in [2.45, 2.75) is 95.7 Å². The Hall–Kier alpha value is -2.33. The van der Waals surface area contributed by atoms with Gasteiger partial charge in [0.1, 0.15) is 6.33 Å². The van der Waals surface area contributed by atoms with Crippen LogP contribution in [0.3, 0.4) is 0 Å². The zero-order valence-corrected chi connectivity index (χ0v) is 24.5. The second kappa shape index (κ2) is 12.7. The van der Waals surface area contributed by atoms with Crippen LogP contribution in [-0.2, 0) is 23.8 Å². The highest BCUT2D eigenvalue weighted by atomic mass is 32.1. The second-order valence-corrected chi connectivity index (χ2v) is 13.1. The van der Waals surface area contributed by atoms with Crippen LogP contribution >= 0.6 is 22.9 Å². The molecule has 0 spiro atoms. The van der Waals surface area contributed by atoms with Crippen molar-refractivity contribution in [3.8, 4) is 0 Å². The smallest absolute Gasteiger partial charge is 0.202 e. The van der Waals surface area contributed by atoms with E-state index in [1.807, 2.05) is 0 Å². The molecule has 1 saturated carbocycles. The van der Waals surface area contributed by atoms with Gasteiger partial charge >= 0.3 is 0 Å². The summed E-state index contributed by atoms with van der Waals surface area (Å²) in [6.07, 6.45) is 6.83. The number of aromatic nitrogens is 2. The number of aliphatic hydroxyl groups is 1. The first kappa shape index (κ1) is 28.7. The molecule has 38 heavy (non-hydrogen) atoms. The molecule has 4 N–H and O–H groups in total. The number of aryl methyl sites for hydroxylation is 1. The third-order valence-electron chi connectivity index (χ3n) is 7.65. The summed E-state index contributed by atoms with van der Waals surface area (Å²) in [5.74, 6) is 0. The molecule has 2 atom stereocenters. The molecule has 2 aromatic heterocycles. The fourth-order valence-electron chi connectivity index (χ4n) is 5.27. The van der Waals surface area contributed by atoms with Gasteiger partial charge in [-0.3, -0.25) is 0 Å². The molecule has 1 aromatic carbocycles. The minimum Gasteiger partial charge on any atom is -0.411 e. The molecule has 7 nitrogen and oxygen atoms in total. The normalized spacial score (nSPS) is 19.8. The van der Waals surface area contributed by atoms with Gasteiger partial charge in [0.25, 0.3) is 0 Å². The number of hydrogen-bond donors (Lipinski definition) is 4. The fourth-order valence-corrected chi connectivity index (χ4v) is 6.76. The first-order chi connectivity index (χ1) is 18.2. The molecular formula is C29H41N5O2S2. The number of thiophene rings is 1. The van der Waals surface area contributed by atoms with Gasteiger partial charge in [0.2, 0.25) is 5.13 Å². The highest BCUT2D eigenvalue weighted by molar-refractivity contribution is 7.10. The monoisotopic (exact) mass is 555 g/mol. The van der Waals surface area contributed by atoms with E-state index in [4.69, 9.17) is 0 Å². The van der Waals surface area contributed by atoms with Crippen LogP contribution in [0.1, 0.15) is 81.4 Å². The highest BCUT2D eigenvalue weighted by Crippen LogP contribution is 2.38. The molecule has 1 fully saturated rings. The van der Waals surface area contributed by atoms with Crippen LogP contribution < -0.4 is 10.6 Å². The van der Waals surface area contributed by atoms with E-state index in [9.17, 15) is 10.3 Å². The van der Waals surface area contributed by atoms with Crippen LogP contribution in [0, 0.1) is 0 Å². The van der Waals surface area contributed by atoms with Crippen molar-refractivity contribution in [1.82, 2.24) is 14.7 Å². The minimum absolute atomic E-state index is 0.0385. The number of oxime groups is 1. The number of hydrogen-bond acceptors (Lipinski definition) is 9. The third-order valence-corrected chi connectivity index (χ3v) is 9.23. The summed E-state index contributed by atoms with van der Waals surface area (Å²) in [4.78, 5) is 5.63. The van der Waals surface area contributed by atoms with Crippen molar-refractivity contribution in [1.29, 1.82) is 0 Å². The van der Waals surface area contributed by atoms with Crippen LogP contribution in [0.5, 0.6) is 0 Å². The van der Waals surface area contributed by atoms with Gasteiger partial charge in [0, 0.05) is 34.9 Å². The Labute approximate surface area is 234 Å². The van der Waals surface area contributed by atoms with Gasteiger partial charge in [0.15, 0.2) is 0 Å². The number of anilines is 1. The lowest BCUT2D eigenvalue weighted by molar-refractivity contribution is 0.128. The van der Waals surface area contributed by atoms with Crippen LogP contribution in [-0.4, -0.2) is 44.1 Å². The molecule has 0 aliphatic heterocycles. The SMILES string of the molecule is CCCc1ccsc1CC(Nc1ncns1)C(O)CNC1(c2cccc(C(C)(C)C)c2)CCC(=NO)CC1. The van der Waals surface area contributed by atoms with Gasteiger partial charge in [-0.1, -0.05) is 63.5 Å². The van der Waals surface area contributed by atoms with Crippen LogP contribution in [0.4, 0.5) is 5.13 Å². The number of aliphatic hydroxyl groups excluding tert-OH is 1. The van der Waals surface area contributed by atoms with Crippen molar-refractivity contribution < 1.29 is 10.3 Å². The molecule has 2 unspecified atom stereocenters. The van der Waals surface area contributed by atoms with E-state index in [0.29, 0.717) is 6.54 Å². The summed E-state index contributed by atoms with van der Waals surface area (Å²) < 4.78 is 4.13. The average Bonchev–Trinajstić information content (AvgIpc) is 3.59. The van der Waals surface area contributed by atoms with E-state index in [2.05, 4.69) is 88.6 Å². The van der Waals surface area contributed by atoms with E-state index < -0.39 is 6.10 Å². The Morgan fingerprint density at radius 3 is 2.63 bits per heavy atom. The lowest BCUT2D eigenvalue weighted by Crippen LogP contribution is -2.51. The van der Waals surface area contributed by atoms with Gasteiger partial charge in [0.05, 0.1) is 17.9 Å². The lowest BCUT2D eigenvalue weighted by Gasteiger charge is -2.41. The first-order valence-electron chi connectivity index (χ1n) is 13.6. The number of nitrogens with one attached hydrogen (secondary N) is 2. The Bertz CT molecular complexity index is 1180. The molecule has 1 aliphatic carbocycles. The van der Waals surface area contributed by atoms with Crippen molar-refractivity contribution in [3.05, 3.63) is 63.6 Å². The maximum absolute atomic E-state index is 11.6.